The van der Waals surface area contributed by atoms with Crippen LogP contribution in [0, 0.1) is 0 Å². The zero-order valence-electron chi connectivity index (χ0n) is 53.3. The smallest absolute Gasteiger partial charge is 0.306 e. The normalized spacial score (nSPS) is 12.5. The van der Waals surface area contributed by atoms with E-state index in [1.165, 1.54) is 212 Å². The Morgan fingerprint density at radius 2 is 0.487 bits per heavy atom. The summed E-state index contributed by atoms with van der Waals surface area (Å²) < 4.78 is 16.9. The highest BCUT2D eigenvalue weighted by Crippen LogP contribution is 2.18. The summed E-state index contributed by atoms with van der Waals surface area (Å²) in [6.45, 7) is 6.52. The second kappa shape index (κ2) is 68.3. The highest BCUT2D eigenvalue weighted by atomic mass is 16.6. The second-order valence-corrected chi connectivity index (χ2v) is 23.4. The fourth-order valence-electron chi connectivity index (χ4n) is 10.3. The minimum atomic E-state index is -0.787. The molecular weight excluding hydrogens is 985 g/mol. The summed E-state index contributed by atoms with van der Waals surface area (Å²) in [4.78, 5) is 38.2. The van der Waals surface area contributed by atoms with Crippen molar-refractivity contribution >= 4 is 17.9 Å². The van der Waals surface area contributed by atoms with E-state index in [1.807, 2.05) is 0 Å². The minimum Gasteiger partial charge on any atom is -0.462 e. The lowest BCUT2D eigenvalue weighted by atomic mass is 10.0. The predicted octanol–water partition coefficient (Wildman–Crippen LogP) is 24.1. The summed E-state index contributed by atoms with van der Waals surface area (Å²) in [7, 11) is 0. The molecule has 0 aliphatic carbocycles. The van der Waals surface area contributed by atoms with Crippen LogP contribution in [0.25, 0.3) is 0 Å². The third kappa shape index (κ3) is 65.7. The molecule has 0 N–H and O–H groups in total. The number of esters is 3. The van der Waals surface area contributed by atoms with Crippen molar-refractivity contribution in [3.8, 4) is 0 Å². The van der Waals surface area contributed by atoms with Crippen molar-refractivity contribution in [3.63, 3.8) is 0 Å². The largest absolute Gasteiger partial charge is 0.462 e. The quantitative estimate of drug-likeness (QED) is 0.0261. The van der Waals surface area contributed by atoms with E-state index in [4.69, 9.17) is 14.2 Å². The van der Waals surface area contributed by atoms with Crippen LogP contribution in [0.5, 0.6) is 0 Å². The Kier molecular flexibility index (Phi) is 65.7. The number of hydrogen-bond acceptors (Lipinski definition) is 6. The molecule has 0 aliphatic heterocycles. The monoisotopic (exact) mass is 1120 g/mol. The molecule has 0 saturated heterocycles. The van der Waals surface area contributed by atoms with Gasteiger partial charge in [-0.1, -0.05) is 344 Å². The maximum atomic E-state index is 12.9. The third-order valence-corrected chi connectivity index (χ3v) is 15.5. The van der Waals surface area contributed by atoms with Crippen LogP contribution in [0.15, 0.2) is 72.9 Å². The van der Waals surface area contributed by atoms with E-state index in [9.17, 15) is 14.4 Å². The molecule has 0 spiro atoms. The van der Waals surface area contributed by atoms with Crippen LogP contribution in [-0.2, 0) is 28.6 Å². The minimum absolute atomic E-state index is 0.0822. The number of unbranched alkanes of at least 4 members (excludes halogenated alkanes) is 41. The summed E-state index contributed by atoms with van der Waals surface area (Å²) in [6, 6.07) is 0. The molecule has 0 saturated carbocycles. The van der Waals surface area contributed by atoms with Gasteiger partial charge in [-0.15, -0.1) is 0 Å². The van der Waals surface area contributed by atoms with E-state index >= 15 is 0 Å². The summed E-state index contributed by atoms with van der Waals surface area (Å²) in [5, 5.41) is 0. The lowest BCUT2D eigenvalue weighted by molar-refractivity contribution is -0.167. The number of hydrogen-bond donors (Lipinski definition) is 0. The van der Waals surface area contributed by atoms with Gasteiger partial charge < -0.3 is 14.2 Å². The van der Waals surface area contributed by atoms with Gasteiger partial charge in [-0.3, -0.25) is 14.4 Å². The molecule has 0 heterocycles. The van der Waals surface area contributed by atoms with Crippen molar-refractivity contribution in [3.05, 3.63) is 72.9 Å². The number of ether oxygens (including phenoxy) is 3. The molecule has 1 unspecified atom stereocenters. The highest BCUT2D eigenvalue weighted by molar-refractivity contribution is 5.71. The van der Waals surface area contributed by atoms with Crippen LogP contribution in [0.2, 0.25) is 0 Å². The zero-order chi connectivity index (χ0) is 57.8. The Labute approximate surface area is 497 Å². The molecule has 6 nitrogen and oxygen atoms in total. The Bertz CT molecular complexity index is 1470. The number of rotatable bonds is 64. The van der Waals surface area contributed by atoms with Crippen molar-refractivity contribution in [1.82, 2.24) is 0 Å². The van der Waals surface area contributed by atoms with Gasteiger partial charge in [-0.05, 0) is 70.6 Å². The van der Waals surface area contributed by atoms with Crippen molar-refractivity contribution in [2.75, 3.05) is 13.2 Å². The molecule has 80 heavy (non-hydrogen) atoms. The number of allylic oxidation sites excluding steroid dienone is 12. The van der Waals surface area contributed by atoms with Gasteiger partial charge in [-0.2, -0.15) is 0 Å². The second-order valence-electron chi connectivity index (χ2n) is 23.4. The predicted molar refractivity (Wildman–Crippen MR) is 348 cm³/mol. The first-order chi connectivity index (χ1) is 39.5. The molecule has 0 aromatic carbocycles. The highest BCUT2D eigenvalue weighted by Gasteiger charge is 2.19. The van der Waals surface area contributed by atoms with Crippen molar-refractivity contribution in [2.45, 2.75) is 367 Å². The Balaban J connectivity index is 4.10. The van der Waals surface area contributed by atoms with Gasteiger partial charge >= 0.3 is 17.9 Å². The topological polar surface area (TPSA) is 78.9 Å². The average Bonchev–Trinajstić information content (AvgIpc) is 3.46. The van der Waals surface area contributed by atoms with Crippen LogP contribution in [-0.4, -0.2) is 37.2 Å². The van der Waals surface area contributed by atoms with Crippen LogP contribution >= 0.6 is 0 Å². The molecule has 0 bridgehead atoms. The van der Waals surface area contributed by atoms with E-state index in [0.29, 0.717) is 19.3 Å². The maximum absolute atomic E-state index is 12.9. The molecule has 0 aromatic rings. The number of carbonyl (C=O) groups is 3. The fourth-order valence-corrected chi connectivity index (χ4v) is 10.3. The summed E-state index contributed by atoms with van der Waals surface area (Å²) in [5.74, 6) is -0.895. The van der Waals surface area contributed by atoms with Gasteiger partial charge in [0.25, 0.3) is 0 Å². The SMILES string of the molecule is CC/C=C\C/C=C\C/C=C\C/C=C\C/C=C\C/C=C\CCCCCCC(=O)OC(COC(=O)CCCCCCCCCC)COC(=O)CCCCCCCCCCCCCCCCCCCCCCCCCCCCCCCCC. The third-order valence-electron chi connectivity index (χ3n) is 15.5. The molecule has 0 amide bonds. The van der Waals surface area contributed by atoms with Gasteiger partial charge in [-0.25, -0.2) is 0 Å². The molecule has 0 aliphatic rings. The zero-order valence-corrected chi connectivity index (χ0v) is 53.3. The van der Waals surface area contributed by atoms with E-state index in [0.717, 1.165) is 109 Å². The molecule has 0 rings (SSSR count). The van der Waals surface area contributed by atoms with E-state index in [-0.39, 0.29) is 31.1 Å². The van der Waals surface area contributed by atoms with E-state index in [1.54, 1.807) is 0 Å². The van der Waals surface area contributed by atoms with Crippen LogP contribution < -0.4 is 0 Å². The van der Waals surface area contributed by atoms with Crippen LogP contribution in [0.4, 0.5) is 0 Å². The Hall–Kier alpha value is -3.15. The Morgan fingerprint density at radius 1 is 0.263 bits per heavy atom. The van der Waals surface area contributed by atoms with Gasteiger partial charge in [0, 0.05) is 19.3 Å². The van der Waals surface area contributed by atoms with Gasteiger partial charge in [0.05, 0.1) is 0 Å². The molecular formula is C74H132O6. The van der Waals surface area contributed by atoms with E-state index < -0.39 is 6.10 Å². The maximum Gasteiger partial charge on any atom is 0.306 e. The van der Waals surface area contributed by atoms with Gasteiger partial charge in [0.1, 0.15) is 13.2 Å². The first kappa shape index (κ1) is 76.9. The fraction of sp³-hybridized carbons (Fsp3) is 0.797. The summed E-state index contributed by atoms with van der Waals surface area (Å²) in [5.41, 5.74) is 0. The number of carbonyl (C=O) groups excluding carboxylic acids is 3. The van der Waals surface area contributed by atoms with E-state index in [2.05, 4.69) is 93.7 Å². The first-order valence-electron chi connectivity index (χ1n) is 34.9. The molecule has 0 aromatic heterocycles. The van der Waals surface area contributed by atoms with Crippen molar-refractivity contribution in [2.24, 2.45) is 0 Å². The average molecular weight is 1120 g/mol. The van der Waals surface area contributed by atoms with Crippen LogP contribution in [0.3, 0.4) is 0 Å². The lowest BCUT2D eigenvalue weighted by Crippen LogP contribution is -2.30. The van der Waals surface area contributed by atoms with Crippen LogP contribution in [0.1, 0.15) is 361 Å². The van der Waals surface area contributed by atoms with Gasteiger partial charge in [0.2, 0.25) is 0 Å². The molecule has 6 heteroatoms. The van der Waals surface area contributed by atoms with Gasteiger partial charge in [0.15, 0.2) is 6.10 Å². The lowest BCUT2D eigenvalue weighted by Gasteiger charge is -2.18. The van der Waals surface area contributed by atoms with Crippen molar-refractivity contribution in [1.29, 1.82) is 0 Å². The molecule has 0 fully saturated rings. The standard InChI is InChI=1S/C74H132O6/c1-4-7-10-13-16-19-21-23-25-27-29-31-33-34-35-36-37-38-39-40-42-43-45-47-49-51-53-55-58-61-64-67-73(76)79-70-71(69-78-72(75)66-63-60-57-18-15-12-9-6-3)80-74(77)68-65-62-59-56-54-52-50-48-46-44-41-32-30-28-26-24-22-20-17-14-11-8-5-2/h8,11,17,20,24,26,30,32,44,46,50,52,71H,4-7,9-10,12-16,18-19,21-23,25,27-29,31,33-43,45,47-49,51,53-70H2,1-3H3/b11-8-,20-17-,26-24-,32-30-,46-44-,52-50-. The molecule has 1 atom stereocenters. The molecule has 0 radical (unpaired) electrons. The molecule has 464 valence electrons. The summed E-state index contributed by atoms with van der Waals surface area (Å²) in [6.07, 6.45) is 89.6. The summed E-state index contributed by atoms with van der Waals surface area (Å²) >= 11 is 0. The van der Waals surface area contributed by atoms with Crippen molar-refractivity contribution < 1.29 is 28.6 Å². The first-order valence-corrected chi connectivity index (χ1v) is 34.9. The Morgan fingerprint density at radius 3 is 0.762 bits per heavy atom.